The number of carbonyl (C=O) groups excluding carboxylic acids is 2. The van der Waals surface area contributed by atoms with Crippen molar-refractivity contribution in [2.45, 2.75) is 13.5 Å². The van der Waals surface area contributed by atoms with Gasteiger partial charge in [-0.3, -0.25) is 0 Å². The van der Waals surface area contributed by atoms with Crippen molar-refractivity contribution in [1.82, 2.24) is 0 Å². The highest BCUT2D eigenvalue weighted by Crippen LogP contribution is 2.16. The smallest absolute Gasteiger partial charge is 0.374 e. The number of furan rings is 1. The minimum atomic E-state index is -0.608. The maximum Gasteiger partial charge on any atom is 0.374 e. The molecule has 0 spiro atoms. The molecule has 0 saturated heterocycles. The Bertz CT molecular complexity index is 745. The summed E-state index contributed by atoms with van der Waals surface area (Å²) >= 11 is 0. The van der Waals surface area contributed by atoms with E-state index in [1.54, 1.807) is 25.1 Å². The second-order valence-electron chi connectivity index (χ2n) is 4.71. The molecule has 2 aromatic rings. The minimum Gasteiger partial charge on any atom is -0.463 e. The Morgan fingerprint density at radius 2 is 2.09 bits per heavy atom. The molecule has 1 heterocycles. The molecule has 0 saturated carbocycles. The fourth-order valence-corrected chi connectivity index (χ4v) is 1.88. The monoisotopic (exact) mass is 318 g/mol. The number of carbonyl (C=O) groups is 2. The van der Waals surface area contributed by atoms with Crippen LogP contribution in [0.3, 0.4) is 0 Å². The molecule has 0 unspecified atom stereocenters. The molecule has 0 aliphatic rings. The summed E-state index contributed by atoms with van der Waals surface area (Å²) in [6.07, 6.45) is 2.63. The van der Waals surface area contributed by atoms with Crippen molar-refractivity contribution in [3.05, 3.63) is 64.9 Å². The molecule has 120 valence electrons. The number of hydrogen-bond donors (Lipinski definition) is 0. The summed E-state index contributed by atoms with van der Waals surface area (Å²) < 4.78 is 27.8. The third-order valence-corrected chi connectivity index (χ3v) is 2.96. The van der Waals surface area contributed by atoms with E-state index in [0.717, 1.165) is 0 Å². The number of methoxy groups -OCH3 is 1. The van der Waals surface area contributed by atoms with Gasteiger partial charge in [0.25, 0.3) is 0 Å². The Morgan fingerprint density at radius 1 is 1.30 bits per heavy atom. The van der Waals surface area contributed by atoms with Crippen LogP contribution in [0.15, 0.2) is 40.8 Å². The van der Waals surface area contributed by atoms with Gasteiger partial charge in [-0.05, 0) is 36.8 Å². The number of benzene rings is 1. The molecule has 0 atom stereocenters. The largest absolute Gasteiger partial charge is 0.463 e. The van der Waals surface area contributed by atoms with Crippen LogP contribution in [-0.4, -0.2) is 19.0 Å². The van der Waals surface area contributed by atoms with Gasteiger partial charge in [-0.1, -0.05) is 12.1 Å². The van der Waals surface area contributed by atoms with Crippen molar-refractivity contribution in [2.75, 3.05) is 7.11 Å². The number of hydrogen-bond acceptors (Lipinski definition) is 5. The van der Waals surface area contributed by atoms with Crippen LogP contribution in [0.4, 0.5) is 4.39 Å². The van der Waals surface area contributed by atoms with Crippen molar-refractivity contribution in [1.29, 1.82) is 0 Å². The lowest BCUT2D eigenvalue weighted by Gasteiger charge is -1.99. The normalized spacial score (nSPS) is 10.7. The summed E-state index contributed by atoms with van der Waals surface area (Å²) in [5.74, 6) is -1.18. The molecule has 0 radical (unpaired) electrons. The molecule has 0 aliphatic heterocycles. The van der Waals surface area contributed by atoms with Gasteiger partial charge < -0.3 is 13.9 Å². The van der Waals surface area contributed by atoms with E-state index in [0.29, 0.717) is 16.9 Å². The van der Waals surface area contributed by atoms with Gasteiger partial charge in [0.2, 0.25) is 5.76 Å². The average Bonchev–Trinajstić information content (AvgIpc) is 2.91. The van der Waals surface area contributed by atoms with E-state index in [-0.39, 0.29) is 18.2 Å². The molecule has 0 bridgehead atoms. The SMILES string of the molecule is COC(=O)c1oc(COC(=O)/C=C/c2cccc(F)c2)cc1C. The molecular weight excluding hydrogens is 303 g/mol. The first-order valence-electron chi connectivity index (χ1n) is 6.77. The molecule has 1 aromatic carbocycles. The second kappa shape index (κ2) is 7.40. The molecule has 2 rings (SSSR count). The molecule has 0 fully saturated rings. The number of ether oxygens (including phenoxy) is 2. The maximum atomic E-state index is 13.0. The summed E-state index contributed by atoms with van der Waals surface area (Å²) in [4.78, 5) is 23.0. The van der Waals surface area contributed by atoms with E-state index in [2.05, 4.69) is 4.74 Å². The second-order valence-corrected chi connectivity index (χ2v) is 4.71. The highest BCUT2D eigenvalue weighted by Gasteiger charge is 2.16. The van der Waals surface area contributed by atoms with Gasteiger partial charge in [-0.25, -0.2) is 14.0 Å². The van der Waals surface area contributed by atoms with E-state index in [9.17, 15) is 14.0 Å². The molecule has 23 heavy (non-hydrogen) atoms. The number of rotatable bonds is 5. The summed E-state index contributed by atoms with van der Waals surface area (Å²) in [6.45, 7) is 1.56. The van der Waals surface area contributed by atoms with Gasteiger partial charge in [0.1, 0.15) is 18.2 Å². The summed E-state index contributed by atoms with van der Waals surface area (Å²) in [5.41, 5.74) is 1.14. The molecule has 0 aliphatic carbocycles. The Hall–Kier alpha value is -2.89. The van der Waals surface area contributed by atoms with Gasteiger partial charge >= 0.3 is 11.9 Å². The Labute approximate surface area is 132 Å². The molecular formula is C17H15FO5. The quantitative estimate of drug-likeness (QED) is 0.625. The van der Waals surface area contributed by atoms with Crippen LogP contribution in [-0.2, 0) is 20.9 Å². The lowest BCUT2D eigenvalue weighted by Crippen LogP contribution is -2.01. The fourth-order valence-electron chi connectivity index (χ4n) is 1.88. The molecule has 0 N–H and O–H groups in total. The zero-order valence-electron chi connectivity index (χ0n) is 12.7. The third kappa shape index (κ3) is 4.54. The lowest BCUT2D eigenvalue weighted by atomic mass is 10.2. The first kappa shape index (κ1) is 16.5. The number of esters is 2. The Balaban J connectivity index is 1.93. The van der Waals surface area contributed by atoms with Crippen molar-refractivity contribution in [2.24, 2.45) is 0 Å². The van der Waals surface area contributed by atoms with Crippen LogP contribution in [0.2, 0.25) is 0 Å². The van der Waals surface area contributed by atoms with Crippen LogP contribution < -0.4 is 0 Å². The molecule has 5 nitrogen and oxygen atoms in total. The molecule has 6 heteroatoms. The van der Waals surface area contributed by atoms with Crippen molar-refractivity contribution < 1.29 is 27.9 Å². The number of aryl methyl sites for hydroxylation is 1. The van der Waals surface area contributed by atoms with Gasteiger partial charge in [0.15, 0.2) is 0 Å². The topological polar surface area (TPSA) is 65.7 Å². The van der Waals surface area contributed by atoms with E-state index in [1.807, 2.05) is 0 Å². The van der Waals surface area contributed by atoms with Gasteiger partial charge in [0, 0.05) is 11.6 Å². The standard InChI is InChI=1S/C17H15FO5/c1-11-8-14(23-16(11)17(20)21-2)10-22-15(19)7-6-12-4-3-5-13(18)9-12/h3-9H,10H2,1-2H3/b7-6+. The van der Waals surface area contributed by atoms with Crippen LogP contribution in [0.5, 0.6) is 0 Å². The maximum absolute atomic E-state index is 13.0. The number of halogens is 1. The fraction of sp³-hybridized carbons (Fsp3) is 0.176. The van der Waals surface area contributed by atoms with Crippen molar-refractivity contribution in [3.63, 3.8) is 0 Å². The zero-order chi connectivity index (χ0) is 16.8. The molecule has 0 amide bonds. The average molecular weight is 318 g/mol. The molecule has 1 aromatic heterocycles. The van der Waals surface area contributed by atoms with E-state index in [1.165, 1.54) is 31.4 Å². The minimum absolute atomic E-state index is 0.0776. The van der Waals surface area contributed by atoms with Crippen molar-refractivity contribution in [3.8, 4) is 0 Å². The summed E-state index contributed by atoms with van der Waals surface area (Å²) in [6, 6.07) is 7.40. The predicted molar refractivity (Wildman–Crippen MR) is 80.0 cm³/mol. The van der Waals surface area contributed by atoms with Crippen molar-refractivity contribution >= 4 is 18.0 Å². The van der Waals surface area contributed by atoms with Crippen LogP contribution in [0, 0.1) is 12.7 Å². The Morgan fingerprint density at radius 3 is 2.78 bits per heavy atom. The van der Waals surface area contributed by atoms with Crippen LogP contribution >= 0.6 is 0 Å². The van der Waals surface area contributed by atoms with E-state index >= 15 is 0 Å². The zero-order valence-corrected chi connectivity index (χ0v) is 12.7. The van der Waals surface area contributed by atoms with Crippen LogP contribution in [0.25, 0.3) is 6.08 Å². The summed E-state index contributed by atoms with van der Waals surface area (Å²) in [5, 5.41) is 0. The Kier molecular flexibility index (Phi) is 5.30. The first-order valence-corrected chi connectivity index (χ1v) is 6.77. The first-order chi connectivity index (χ1) is 11.0. The highest BCUT2D eigenvalue weighted by atomic mass is 19.1. The third-order valence-electron chi connectivity index (χ3n) is 2.96. The predicted octanol–water partition coefficient (Wildman–Crippen LogP) is 3.27. The van der Waals surface area contributed by atoms with Gasteiger partial charge in [-0.15, -0.1) is 0 Å². The van der Waals surface area contributed by atoms with Gasteiger partial charge in [-0.2, -0.15) is 0 Å². The lowest BCUT2D eigenvalue weighted by molar-refractivity contribution is -0.139. The van der Waals surface area contributed by atoms with Crippen LogP contribution in [0.1, 0.15) is 27.4 Å². The van der Waals surface area contributed by atoms with E-state index in [4.69, 9.17) is 9.15 Å². The summed E-state index contributed by atoms with van der Waals surface area (Å²) in [7, 11) is 1.25. The highest BCUT2D eigenvalue weighted by molar-refractivity contribution is 5.88. The van der Waals surface area contributed by atoms with E-state index < -0.39 is 11.9 Å². The van der Waals surface area contributed by atoms with Gasteiger partial charge in [0.05, 0.1) is 7.11 Å².